The molecular weight excluding hydrogens is 453 g/mol. The molecule has 1 N–H and O–H groups in total. The van der Waals surface area contributed by atoms with Crippen LogP contribution in [0.15, 0.2) is 0 Å². The highest BCUT2D eigenvalue weighted by Crippen LogP contribution is 2.60. The smallest absolute Gasteiger partial charge is 0.387 e. The lowest BCUT2D eigenvalue weighted by Crippen LogP contribution is -2.70. The number of aliphatic hydroxyl groups excluding tert-OH is 1. The Hall–Kier alpha value is -1.17. The lowest BCUT2D eigenvalue weighted by atomic mass is 9.97. The van der Waals surface area contributed by atoms with Gasteiger partial charge in [0, 0.05) is 0 Å². The predicted octanol–water partition coefficient (Wildman–Crippen LogP) is 4.30. The van der Waals surface area contributed by atoms with E-state index < -0.39 is 61.9 Å². The van der Waals surface area contributed by atoms with Crippen LogP contribution in [-0.4, -0.2) is 67.0 Å². The van der Waals surface area contributed by atoms with Gasteiger partial charge in [-0.05, 0) is 0 Å². The first-order valence-corrected chi connectivity index (χ1v) is 6.24. The first-order valence-electron chi connectivity index (χ1n) is 6.24. The largest absolute Gasteiger partial charge is 0.460 e. The van der Waals surface area contributed by atoms with Gasteiger partial charge in [0.05, 0.1) is 13.2 Å². The Kier molecular flexibility index (Phi) is 7.27. The molecule has 0 spiro atoms. The Balaban J connectivity index is 5.62. The van der Waals surface area contributed by atoms with Crippen LogP contribution >= 0.6 is 0 Å². The Labute approximate surface area is 144 Å². The van der Waals surface area contributed by atoms with Gasteiger partial charge < -0.3 is 14.6 Å². The summed E-state index contributed by atoms with van der Waals surface area (Å²) in [5.74, 6) is -31.7. The maximum absolute atomic E-state index is 13.1. The molecule has 170 valence electrons. The number of rotatable bonds is 10. The van der Waals surface area contributed by atoms with Gasteiger partial charge in [-0.2, -0.15) is 65.9 Å². The van der Waals surface area contributed by atoms with Crippen LogP contribution in [0.2, 0.25) is 0 Å². The third kappa shape index (κ3) is 4.52. The summed E-state index contributed by atoms with van der Waals surface area (Å²) < 4.78 is 195. The second-order valence-electron chi connectivity index (χ2n) is 4.80. The standard InChI is InChI=1S/C10H7F15O3/c11-4(12,3-26)27-1-2-28-10(24,25)8(19,20)6(15,16)5(13,14)7(17,18)9(21,22)23/h26H,1-3H2. The van der Waals surface area contributed by atoms with Gasteiger partial charge in [0.15, 0.2) is 0 Å². The Bertz CT molecular complexity index is 527. The van der Waals surface area contributed by atoms with E-state index in [9.17, 15) is 65.9 Å². The van der Waals surface area contributed by atoms with E-state index in [1.807, 2.05) is 0 Å². The van der Waals surface area contributed by atoms with Crippen molar-refractivity contribution in [3.63, 3.8) is 0 Å². The van der Waals surface area contributed by atoms with Crippen molar-refractivity contribution in [3.05, 3.63) is 0 Å². The topological polar surface area (TPSA) is 38.7 Å². The van der Waals surface area contributed by atoms with E-state index in [1.165, 1.54) is 0 Å². The lowest BCUT2D eigenvalue weighted by molar-refractivity contribution is -0.466. The molecule has 0 heterocycles. The molecule has 0 aromatic heterocycles. The van der Waals surface area contributed by atoms with E-state index in [4.69, 9.17) is 5.11 Å². The fourth-order valence-electron chi connectivity index (χ4n) is 1.25. The van der Waals surface area contributed by atoms with Crippen LogP contribution in [0.3, 0.4) is 0 Å². The van der Waals surface area contributed by atoms with Gasteiger partial charge in [-0.3, -0.25) is 0 Å². The van der Waals surface area contributed by atoms with Gasteiger partial charge in [0.1, 0.15) is 6.61 Å². The lowest BCUT2D eigenvalue weighted by Gasteiger charge is -2.39. The summed E-state index contributed by atoms with van der Waals surface area (Å²) >= 11 is 0. The van der Waals surface area contributed by atoms with Gasteiger partial charge in [-0.1, -0.05) is 0 Å². The molecule has 0 amide bonds. The third-order valence-electron chi connectivity index (χ3n) is 2.77. The summed E-state index contributed by atoms with van der Waals surface area (Å²) in [7, 11) is 0. The minimum absolute atomic E-state index is 1.85. The van der Waals surface area contributed by atoms with Gasteiger partial charge in [0.25, 0.3) is 0 Å². The van der Waals surface area contributed by atoms with E-state index in [-0.39, 0.29) is 0 Å². The maximum Gasteiger partial charge on any atom is 0.460 e. The van der Waals surface area contributed by atoms with Crippen LogP contribution in [0.1, 0.15) is 0 Å². The summed E-state index contributed by atoms with van der Waals surface area (Å²) in [5.41, 5.74) is 0. The predicted molar refractivity (Wildman–Crippen MR) is 54.7 cm³/mol. The summed E-state index contributed by atoms with van der Waals surface area (Å²) in [4.78, 5) is 0. The Morgan fingerprint density at radius 2 is 0.857 bits per heavy atom. The summed E-state index contributed by atoms with van der Waals surface area (Å²) in [5, 5.41) is 7.99. The summed E-state index contributed by atoms with van der Waals surface area (Å²) in [6, 6.07) is 0. The second kappa shape index (κ2) is 7.58. The average molecular weight is 460 g/mol. The van der Waals surface area contributed by atoms with E-state index >= 15 is 0 Å². The van der Waals surface area contributed by atoms with E-state index in [0.29, 0.717) is 0 Å². The molecule has 0 saturated carbocycles. The zero-order chi connectivity index (χ0) is 23.0. The Morgan fingerprint density at radius 3 is 1.21 bits per heavy atom. The highest BCUT2D eigenvalue weighted by molar-refractivity contribution is 5.08. The van der Waals surface area contributed by atoms with Gasteiger partial charge in [0.2, 0.25) is 0 Å². The third-order valence-corrected chi connectivity index (χ3v) is 2.77. The van der Waals surface area contributed by atoms with Gasteiger partial charge in [-0.25, -0.2) is 0 Å². The van der Waals surface area contributed by atoms with Gasteiger partial charge >= 0.3 is 42.1 Å². The fraction of sp³-hybridized carbons (Fsp3) is 1.00. The zero-order valence-electron chi connectivity index (χ0n) is 12.6. The molecular formula is C10H7F15O3. The molecule has 28 heavy (non-hydrogen) atoms. The molecule has 0 unspecified atom stereocenters. The van der Waals surface area contributed by atoms with Crippen LogP contribution in [0.5, 0.6) is 0 Å². The second-order valence-corrected chi connectivity index (χ2v) is 4.80. The molecule has 0 aliphatic heterocycles. The molecule has 0 aromatic carbocycles. The first kappa shape index (κ1) is 26.8. The molecule has 0 aliphatic carbocycles. The van der Waals surface area contributed by atoms with Crippen molar-refractivity contribution >= 4 is 0 Å². The van der Waals surface area contributed by atoms with Crippen LogP contribution in [0.25, 0.3) is 0 Å². The number of hydrogen-bond acceptors (Lipinski definition) is 3. The van der Waals surface area contributed by atoms with Crippen LogP contribution < -0.4 is 0 Å². The molecule has 0 atom stereocenters. The Morgan fingerprint density at radius 1 is 0.500 bits per heavy atom. The molecule has 0 radical (unpaired) electrons. The summed E-state index contributed by atoms with van der Waals surface area (Å²) in [6.07, 6.45) is -18.8. The number of aliphatic hydroxyl groups is 1. The van der Waals surface area contributed by atoms with Crippen LogP contribution in [0.4, 0.5) is 65.9 Å². The van der Waals surface area contributed by atoms with Crippen molar-refractivity contribution in [2.45, 2.75) is 42.1 Å². The molecule has 0 aromatic rings. The van der Waals surface area contributed by atoms with Crippen LogP contribution in [0, 0.1) is 0 Å². The number of ether oxygens (including phenoxy) is 2. The van der Waals surface area contributed by atoms with Crippen molar-refractivity contribution in [1.82, 2.24) is 0 Å². The molecule has 18 heteroatoms. The normalized spacial score (nSPS) is 15.9. The fourth-order valence-corrected chi connectivity index (χ4v) is 1.25. The monoisotopic (exact) mass is 460 g/mol. The average Bonchev–Trinajstić information content (AvgIpc) is 2.49. The molecule has 0 bridgehead atoms. The number of alkyl halides is 15. The minimum Gasteiger partial charge on any atom is -0.387 e. The molecule has 3 nitrogen and oxygen atoms in total. The maximum atomic E-state index is 13.1. The van der Waals surface area contributed by atoms with Crippen molar-refractivity contribution < 1.29 is 80.4 Å². The molecule has 0 aliphatic rings. The van der Waals surface area contributed by atoms with Crippen molar-refractivity contribution in [2.75, 3.05) is 19.8 Å². The molecule has 0 fully saturated rings. The van der Waals surface area contributed by atoms with Crippen molar-refractivity contribution in [1.29, 1.82) is 0 Å². The zero-order valence-corrected chi connectivity index (χ0v) is 12.6. The first-order chi connectivity index (χ1) is 12.0. The summed E-state index contributed by atoms with van der Waals surface area (Å²) in [6.45, 7) is -6.11. The number of halogens is 15. The number of hydrogen-bond donors (Lipinski definition) is 1. The van der Waals surface area contributed by atoms with Crippen molar-refractivity contribution in [3.8, 4) is 0 Å². The van der Waals surface area contributed by atoms with Crippen molar-refractivity contribution in [2.24, 2.45) is 0 Å². The quantitative estimate of drug-likeness (QED) is 0.391. The van der Waals surface area contributed by atoms with Gasteiger partial charge in [-0.15, -0.1) is 0 Å². The highest BCUT2D eigenvalue weighted by atomic mass is 19.4. The molecule has 0 saturated heterocycles. The molecule has 0 rings (SSSR count). The highest BCUT2D eigenvalue weighted by Gasteiger charge is 2.91. The van der Waals surface area contributed by atoms with E-state index in [0.717, 1.165) is 0 Å². The SMILES string of the molecule is OCC(F)(F)OCCOC(F)(F)C(F)(F)C(F)(F)C(F)(F)C(F)(F)C(F)(F)F. The van der Waals surface area contributed by atoms with E-state index in [2.05, 4.69) is 9.47 Å². The minimum atomic E-state index is -8.09. The van der Waals surface area contributed by atoms with Crippen LogP contribution in [-0.2, 0) is 9.47 Å². The van der Waals surface area contributed by atoms with E-state index in [1.54, 1.807) is 0 Å².